The Kier molecular flexibility index (Phi) is 6.61. The zero-order chi connectivity index (χ0) is 20.8. The molecule has 3 rings (SSSR count). The molecule has 0 saturated heterocycles. The highest BCUT2D eigenvalue weighted by Gasteiger charge is 2.14. The highest BCUT2D eigenvalue weighted by molar-refractivity contribution is 5.80. The van der Waals surface area contributed by atoms with Crippen molar-refractivity contribution >= 4 is 16.9 Å². The van der Waals surface area contributed by atoms with E-state index in [1.807, 2.05) is 38.2 Å². The third kappa shape index (κ3) is 4.81. The number of hydrogen-bond donors (Lipinski definition) is 1. The van der Waals surface area contributed by atoms with Crippen molar-refractivity contribution in [3.63, 3.8) is 0 Å². The van der Waals surface area contributed by atoms with Gasteiger partial charge in [0.05, 0.1) is 11.0 Å². The summed E-state index contributed by atoms with van der Waals surface area (Å²) < 4.78 is 2.69. The standard InChI is InChI=1S/C22H26N4O3/c1-3-25-18-11-7-8-12-19(18)26(22(29)21(25)28)16-20(27)23-13-14-24(2)15-17-9-5-4-6-10-17/h4-12H,3,13-16H2,1-2H3,(H,23,27). The molecule has 0 atom stereocenters. The maximum atomic E-state index is 12.5. The number of benzene rings is 2. The van der Waals surface area contributed by atoms with Crippen LogP contribution in [-0.4, -0.2) is 40.1 Å². The summed E-state index contributed by atoms with van der Waals surface area (Å²) in [7, 11) is 1.99. The van der Waals surface area contributed by atoms with Gasteiger partial charge in [0.25, 0.3) is 0 Å². The Morgan fingerprint density at radius 1 is 0.931 bits per heavy atom. The van der Waals surface area contributed by atoms with Gasteiger partial charge in [-0.05, 0) is 31.7 Å². The number of hydrogen-bond acceptors (Lipinski definition) is 4. The van der Waals surface area contributed by atoms with Crippen LogP contribution in [0.2, 0.25) is 0 Å². The van der Waals surface area contributed by atoms with Crippen LogP contribution in [0.4, 0.5) is 0 Å². The molecule has 3 aromatic rings. The average Bonchev–Trinajstić information content (AvgIpc) is 2.72. The molecule has 0 fully saturated rings. The number of rotatable bonds is 8. The van der Waals surface area contributed by atoms with Crippen LogP contribution in [0.1, 0.15) is 12.5 Å². The molecule has 1 heterocycles. The molecular weight excluding hydrogens is 368 g/mol. The first-order valence-electron chi connectivity index (χ1n) is 9.72. The Morgan fingerprint density at radius 3 is 2.17 bits per heavy atom. The van der Waals surface area contributed by atoms with Crippen LogP contribution < -0.4 is 16.4 Å². The van der Waals surface area contributed by atoms with E-state index >= 15 is 0 Å². The van der Waals surface area contributed by atoms with Gasteiger partial charge in [-0.15, -0.1) is 0 Å². The van der Waals surface area contributed by atoms with Gasteiger partial charge in [-0.25, -0.2) is 0 Å². The van der Waals surface area contributed by atoms with Gasteiger partial charge >= 0.3 is 11.1 Å². The first-order chi connectivity index (χ1) is 14.0. The molecule has 1 aromatic heterocycles. The van der Waals surface area contributed by atoms with Crippen molar-refractivity contribution in [2.75, 3.05) is 20.1 Å². The van der Waals surface area contributed by atoms with Crippen LogP contribution >= 0.6 is 0 Å². The molecule has 0 bridgehead atoms. The Balaban J connectivity index is 1.65. The molecule has 29 heavy (non-hydrogen) atoms. The molecule has 0 aliphatic rings. The van der Waals surface area contributed by atoms with E-state index in [0.29, 0.717) is 30.7 Å². The summed E-state index contributed by atoms with van der Waals surface area (Å²) in [6, 6.07) is 17.2. The lowest BCUT2D eigenvalue weighted by atomic mass is 10.2. The molecule has 0 radical (unpaired) electrons. The second-order valence-corrected chi connectivity index (χ2v) is 7.00. The first-order valence-corrected chi connectivity index (χ1v) is 9.72. The lowest BCUT2D eigenvalue weighted by molar-refractivity contribution is -0.121. The molecule has 0 unspecified atom stereocenters. The van der Waals surface area contributed by atoms with Crippen LogP contribution in [0.5, 0.6) is 0 Å². The number of amides is 1. The van der Waals surface area contributed by atoms with Gasteiger partial charge in [0.15, 0.2) is 0 Å². The SMILES string of the molecule is CCn1c(=O)c(=O)n(CC(=O)NCCN(C)Cc2ccccc2)c2ccccc21. The smallest absolute Gasteiger partial charge is 0.317 e. The van der Waals surface area contributed by atoms with Crippen molar-refractivity contribution in [2.45, 2.75) is 26.6 Å². The van der Waals surface area contributed by atoms with Gasteiger partial charge in [0, 0.05) is 26.2 Å². The average molecular weight is 394 g/mol. The molecule has 0 spiro atoms. The van der Waals surface area contributed by atoms with Crippen LogP contribution in [0.15, 0.2) is 64.2 Å². The Labute approximate surface area is 169 Å². The van der Waals surface area contributed by atoms with Crippen LogP contribution in [0, 0.1) is 0 Å². The molecule has 0 aliphatic carbocycles. The van der Waals surface area contributed by atoms with Crippen LogP contribution in [0.3, 0.4) is 0 Å². The highest BCUT2D eigenvalue weighted by atomic mass is 16.2. The van der Waals surface area contributed by atoms with Crippen molar-refractivity contribution in [1.29, 1.82) is 0 Å². The van der Waals surface area contributed by atoms with E-state index in [9.17, 15) is 14.4 Å². The highest BCUT2D eigenvalue weighted by Crippen LogP contribution is 2.10. The van der Waals surface area contributed by atoms with Gasteiger partial charge in [-0.1, -0.05) is 42.5 Å². The lowest BCUT2D eigenvalue weighted by Gasteiger charge is -2.17. The molecule has 0 saturated carbocycles. The van der Waals surface area contributed by atoms with Gasteiger partial charge in [0.2, 0.25) is 5.91 Å². The van der Waals surface area contributed by atoms with E-state index < -0.39 is 11.1 Å². The number of aryl methyl sites for hydroxylation is 1. The zero-order valence-corrected chi connectivity index (χ0v) is 16.8. The van der Waals surface area contributed by atoms with Crippen molar-refractivity contribution < 1.29 is 4.79 Å². The maximum Gasteiger partial charge on any atom is 0.317 e. The number of carbonyl (C=O) groups is 1. The fraction of sp³-hybridized carbons (Fsp3) is 0.318. The van der Waals surface area contributed by atoms with Crippen LogP contribution in [0.25, 0.3) is 11.0 Å². The fourth-order valence-electron chi connectivity index (χ4n) is 3.40. The number of nitrogens with one attached hydrogen (secondary N) is 1. The summed E-state index contributed by atoms with van der Waals surface area (Å²) in [4.78, 5) is 39.4. The first kappa shape index (κ1) is 20.5. The lowest BCUT2D eigenvalue weighted by Crippen LogP contribution is -2.44. The normalized spacial score (nSPS) is 11.1. The summed E-state index contributed by atoms with van der Waals surface area (Å²) in [6.07, 6.45) is 0. The Hall–Kier alpha value is -3.19. The third-order valence-corrected chi connectivity index (χ3v) is 4.87. The monoisotopic (exact) mass is 394 g/mol. The second kappa shape index (κ2) is 9.34. The van der Waals surface area contributed by atoms with E-state index in [-0.39, 0.29) is 12.5 Å². The quantitative estimate of drug-likeness (QED) is 0.587. The summed E-state index contributed by atoms with van der Waals surface area (Å²) in [6.45, 7) is 3.96. The molecule has 0 aliphatic heterocycles. The number of carbonyl (C=O) groups excluding carboxylic acids is 1. The number of fused-ring (bicyclic) bond motifs is 1. The molecule has 1 amide bonds. The topological polar surface area (TPSA) is 76.3 Å². The predicted octanol–water partition coefficient (Wildman–Crippen LogP) is 1.43. The minimum absolute atomic E-state index is 0.179. The van der Waals surface area contributed by atoms with E-state index in [2.05, 4.69) is 22.3 Å². The number of aromatic nitrogens is 2. The largest absolute Gasteiger partial charge is 0.353 e. The summed E-state index contributed by atoms with van der Waals surface area (Å²) in [5, 5.41) is 2.84. The van der Waals surface area contributed by atoms with E-state index in [0.717, 1.165) is 6.54 Å². The second-order valence-electron chi connectivity index (χ2n) is 7.00. The van der Waals surface area contributed by atoms with E-state index in [4.69, 9.17) is 0 Å². The van der Waals surface area contributed by atoms with Gasteiger partial charge < -0.3 is 14.8 Å². The third-order valence-electron chi connectivity index (χ3n) is 4.87. The molecular formula is C22H26N4O3. The number of para-hydroxylation sites is 2. The predicted molar refractivity (Wildman–Crippen MR) is 114 cm³/mol. The molecule has 1 N–H and O–H groups in total. The Morgan fingerprint density at radius 2 is 1.52 bits per heavy atom. The number of likely N-dealkylation sites (N-methyl/N-ethyl adjacent to an activating group) is 1. The van der Waals surface area contributed by atoms with Gasteiger partial charge in [0.1, 0.15) is 6.54 Å². The maximum absolute atomic E-state index is 12.5. The van der Waals surface area contributed by atoms with Crippen molar-refractivity contribution in [3.05, 3.63) is 80.9 Å². The van der Waals surface area contributed by atoms with Gasteiger partial charge in [-0.3, -0.25) is 19.0 Å². The number of nitrogens with zero attached hydrogens (tertiary/aromatic N) is 3. The van der Waals surface area contributed by atoms with E-state index in [1.54, 1.807) is 18.2 Å². The molecule has 7 heteroatoms. The molecule has 7 nitrogen and oxygen atoms in total. The van der Waals surface area contributed by atoms with Crippen molar-refractivity contribution in [2.24, 2.45) is 0 Å². The summed E-state index contributed by atoms with van der Waals surface area (Å²) >= 11 is 0. The van der Waals surface area contributed by atoms with Crippen LogP contribution in [-0.2, 0) is 24.4 Å². The fourth-order valence-corrected chi connectivity index (χ4v) is 3.40. The zero-order valence-electron chi connectivity index (χ0n) is 16.8. The molecule has 2 aromatic carbocycles. The minimum Gasteiger partial charge on any atom is -0.353 e. The van der Waals surface area contributed by atoms with Crippen molar-refractivity contribution in [1.82, 2.24) is 19.4 Å². The van der Waals surface area contributed by atoms with E-state index in [1.165, 1.54) is 14.7 Å². The Bertz CT molecular complexity index is 1100. The summed E-state index contributed by atoms with van der Waals surface area (Å²) in [5.74, 6) is -0.293. The minimum atomic E-state index is -0.679. The van der Waals surface area contributed by atoms with Gasteiger partial charge in [-0.2, -0.15) is 0 Å². The molecule has 152 valence electrons. The van der Waals surface area contributed by atoms with Crippen molar-refractivity contribution in [3.8, 4) is 0 Å². The summed E-state index contributed by atoms with van der Waals surface area (Å²) in [5.41, 5.74) is 1.14.